The Morgan fingerprint density at radius 1 is 1.46 bits per heavy atom. The van der Waals surface area contributed by atoms with Crippen LogP contribution in [0.4, 0.5) is 0 Å². The highest BCUT2D eigenvalue weighted by molar-refractivity contribution is 5.91. The fourth-order valence-electron chi connectivity index (χ4n) is 3.08. The van der Waals surface area contributed by atoms with Crippen LogP contribution in [0, 0.1) is 0 Å². The van der Waals surface area contributed by atoms with Crippen LogP contribution in [-0.4, -0.2) is 24.7 Å². The van der Waals surface area contributed by atoms with E-state index < -0.39 is 5.60 Å². The second-order valence-corrected chi connectivity index (χ2v) is 6.02. The van der Waals surface area contributed by atoms with E-state index in [0.29, 0.717) is 6.42 Å². The molecule has 1 aromatic heterocycles. The first-order valence-corrected chi connectivity index (χ1v) is 7.99. The van der Waals surface area contributed by atoms with Crippen LogP contribution in [0.25, 0.3) is 6.08 Å². The fraction of sp³-hybridized carbons (Fsp3) is 0.316. The van der Waals surface area contributed by atoms with Crippen LogP contribution in [0.15, 0.2) is 47.3 Å². The molecule has 2 N–H and O–H groups in total. The molecule has 1 aliphatic carbocycles. The molecule has 0 fully saturated rings. The Kier molecular flexibility index (Phi) is 4.71. The number of nitrogens with one attached hydrogen (secondary N) is 1. The number of ether oxygens (including phenoxy) is 1. The van der Waals surface area contributed by atoms with Gasteiger partial charge in [-0.05, 0) is 54.7 Å². The summed E-state index contributed by atoms with van der Waals surface area (Å²) in [7, 11) is 1.63. The van der Waals surface area contributed by atoms with Crippen molar-refractivity contribution in [2.45, 2.75) is 24.9 Å². The van der Waals surface area contributed by atoms with Crippen LogP contribution in [0.3, 0.4) is 0 Å². The molecular formula is C19H21NO4. The normalized spacial score (nSPS) is 19.9. The van der Waals surface area contributed by atoms with Gasteiger partial charge in [-0.2, -0.15) is 0 Å². The zero-order valence-corrected chi connectivity index (χ0v) is 13.6. The van der Waals surface area contributed by atoms with Gasteiger partial charge < -0.3 is 19.6 Å². The number of amides is 1. The first kappa shape index (κ1) is 16.3. The summed E-state index contributed by atoms with van der Waals surface area (Å²) in [4.78, 5) is 12.0. The lowest BCUT2D eigenvalue weighted by atomic mass is 9.79. The molecule has 1 atom stereocenters. The van der Waals surface area contributed by atoms with E-state index in [9.17, 15) is 9.90 Å². The van der Waals surface area contributed by atoms with E-state index in [4.69, 9.17) is 9.15 Å². The van der Waals surface area contributed by atoms with Crippen molar-refractivity contribution in [1.82, 2.24) is 5.32 Å². The average Bonchev–Trinajstić information content (AvgIpc) is 3.11. The molecule has 0 aliphatic heterocycles. The number of methoxy groups -OCH3 is 1. The lowest BCUT2D eigenvalue weighted by Gasteiger charge is -2.34. The van der Waals surface area contributed by atoms with Crippen LogP contribution in [0.1, 0.15) is 29.5 Å². The lowest BCUT2D eigenvalue weighted by molar-refractivity contribution is -0.118. The van der Waals surface area contributed by atoms with Gasteiger partial charge in [0.15, 0.2) is 0 Å². The Bertz CT molecular complexity index is 736. The van der Waals surface area contributed by atoms with E-state index in [2.05, 4.69) is 5.32 Å². The van der Waals surface area contributed by atoms with Crippen LogP contribution in [0.2, 0.25) is 0 Å². The molecule has 24 heavy (non-hydrogen) atoms. The number of benzene rings is 1. The number of carbonyl (C=O) groups is 1. The van der Waals surface area contributed by atoms with Crippen molar-refractivity contribution in [3.63, 3.8) is 0 Å². The van der Waals surface area contributed by atoms with Gasteiger partial charge in [0, 0.05) is 11.6 Å². The minimum Gasteiger partial charge on any atom is -0.497 e. The lowest BCUT2D eigenvalue weighted by Crippen LogP contribution is -2.42. The van der Waals surface area contributed by atoms with E-state index in [1.54, 1.807) is 31.8 Å². The van der Waals surface area contributed by atoms with Gasteiger partial charge in [0.1, 0.15) is 11.4 Å². The van der Waals surface area contributed by atoms with Crippen LogP contribution < -0.4 is 10.1 Å². The summed E-state index contributed by atoms with van der Waals surface area (Å²) < 4.78 is 10.2. The number of rotatable bonds is 5. The molecule has 5 heteroatoms. The summed E-state index contributed by atoms with van der Waals surface area (Å²) >= 11 is 0. The molecule has 5 nitrogen and oxygen atoms in total. The van der Waals surface area contributed by atoms with Crippen molar-refractivity contribution < 1.29 is 19.1 Å². The summed E-state index contributed by atoms with van der Waals surface area (Å²) in [5.41, 5.74) is 1.72. The van der Waals surface area contributed by atoms with Crippen molar-refractivity contribution >= 4 is 12.0 Å². The Labute approximate surface area is 140 Å². The number of furan rings is 1. The first-order valence-electron chi connectivity index (χ1n) is 7.99. The maximum Gasteiger partial charge on any atom is 0.244 e. The Balaban J connectivity index is 1.68. The van der Waals surface area contributed by atoms with Crippen LogP contribution in [0.5, 0.6) is 5.75 Å². The Morgan fingerprint density at radius 3 is 3.08 bits per heavy atom. The van der Waals surface area contributed by atoms with Gasteiger partial charge in [-0.15, -0.1) is 0 Å². The predicted octanol–water partition coefficient (Wildman–Crippen LogP) is 2.64. The summed E-state index contributed by atoms with van der Waals surface area (Å²) in [6, 6.07) is 7.46. The quantitative estimate of drug-likeness (QED) is 0.828. The molecule has 0 spiro atoms. The molecular weight excluding hydrogens is 306 g/mol. The van der Waals surface area contributed by atoms with Gasteiger partial charge >= 0.3 is 0 Å². The van der Waals surface area contributed by atoms with E-state index in [0.717, 1.165) is 35.3 Å². The highest BCUT2D eigenvalue weighted by atomic mass is 16.5. The van der Waals surface area contributed by atoms with Gasteiger partial charge in [-0.1, -0.05) is 6.07 Å². The molecule has 1 amide bonds. The van der Waals surface area contributed by atoms with Gasteiger partial charge in [0.25, 0.3) is 0 Å². The first-order chi connectivity index (χ1) is 11.6. The molecule has 0 saturated carbocycles. The Morgan fingerprint density at radius 2 is 2.33 bits per heavy atom. The highest BCUT2D eigenvalue weighted by Gasteiger charge is 2.34. The summed E-state index contributed by atoms with van der Waals surface area (Å²) in [6.45, 7) is 0.181. The number of aryl methyl sites for hydroxylation is 1. The van der Waals surface area contributed by atoms with E-state index in [1.807, 2.05) is 18.2 Å². The smallest absolute Gasteiger partial charge is 0.244 e. The fourth-order valence-corrected chi connectivity index (χ4v) is 3.08. The molecule has 2 aromatic rings. The summed E-state index contributed by atoms with van der Waals surface area (Å²) in [5.74, 6) is 0.537. The third-order valence-electron chi connectivity index (χ3n) is 4.38. The Hall–Kier alpha value is -2.53. The van der Waals surface area contributed by atoms with Gasteiger partial charge in [-0.25, -0.2) is 0 Å². The maximum absolute atomic E-state index is 12.0. The number of hydrogen-bond acceptors (Lipinski definition) is 4. The molecule has 1 heterocycles. The number of hydrogen-bond donors (Lipinski definition) is 2. The molecule has 1 aromatic carbocycles. The third kappa shape index (κ3) is 3.51. The number of carbonyl (C=O) groups excluding carboxylic acids is 1. The van der Waals surface area contributed by atoms with Crippen molar-refractivity contribution in [3.8, 4) is 5.75 Å². The second kappa shape index (κ2) is 6.93. The maximum atomic E-state index is 12.0. The van der Waals surface area contributed by atoms with E-state index in [-0.39, 0.29) is 12.5 Å². The molecule has 0 radical (unpaired) electrons. The highest BCUT2D eigenvalue weighted by Crippen LogP contribution is 2.36. The molecule has 0 saturated heterocycles. The molecule has 3 rings (SSSR count). The monoisotopic (exact) mass is 327 g/mol. The predicted molar refractivity (Wildman–Crippen MR) is 90.6 cm³/mol. The molecule has 1 unspecified atom stereocenters. The molecule has 1 aliphatic rings. The van der Waals surface area contributed by atoms with Gasteiger partial charge in [-0.3, -0.25) is 4.79 Å². The number of aliphatic hydroxyl groups is 1. The summed E-state index contributed by atoms with van der Waals surface area (Å²) in [5, 5.41) is 13.8. The van der Waals surface area contributed by atoms with Gasteiger partial charge in [0.2, 0.25) is 5.91 Å². The van der Waals surface area contributed by atoms with Crippen molar-refractivity contribution in [2.75, 3.05) is 13.7 Å². The zero-order valence-electron chi connectivity index (χ0n) is 13.6. The molecule has 0 bridgehead atoms. The standard InChI is InChI=1S/C19H21NO4/c1-23-16-5-6-17-15(11-16)3-2-9-19(17,22)13-20-18(21)7-4-14-8-10-24-12-14/h4-8,10-12,22H,2-3,9,13H2,1H3,(H,20,21)/b7-4+. The molecule has 126 valence electrons. The third-order valence-corrected chi connectivity index (χ3v) is 4.38. The van der Waals surface area contributed by atoms with Crippen molar-refractivity contribution in [1.29, 1.82) is 0 Å². The topological polar surface area (TPSA) is 71.7 Å². The van der Waals surface area contributed by atoms with Crippen LogP contribution in [-0.2, 0) is 16.8 Å². The average molecular weight is 327 g/mol. The van der Waals surface area contributed by atoms with Crippen molar-refractivity contribution in [2.24, 2.45) is 0 Å². The largest absolute Gasteiger partial charge is 0.497 e. The van der Waals surface area contributed by atoms with Gasteiger partial charge in [0.05, 0.1) is 26.2 Å². The number of fused-ring (bicyclic) bond motifs is 1. The van der Waals surface area contributed by atoms with Crippen molar-refractivity contribution in [3.05, 3.63) is 59.6 Å². The van der Waals surface area contributed by atoms with Crippen LogP contribution >= 0.6 is 0 Å². The summed E-state index contributed by atoms with van der Waals surface area (Å²) in [6.07, 6.45) is 8.61. The zero-order chi connectivity index (χ0) is 17.0. The van der Waals surface area contributed by atoms with E-state index in [1.165, 1.54) is 6.08 Å². The van der Waals surface area contributed by atoms with E-state index >= 15 is 0 Å². The SMILES string of the molecule is COc1ccc2c(c1)CCCC2(O)CNC(=O)/C=C/c1ccoc1. The second-order valence-electron chi connectivity index (χ2n) is 6.02. The minimum absolute atomic E-state index is 0.181. The minimum atomic E-state index is -1.04.